The third-order valence-electron chi connectivity index (χ3n) is 3.10. The zero-order valence-corrected chi connectivity index (χ0v) is 12.0. The van der Waals surface area contributed by atoms with Crippen LogP contribution in [0.25, 0.3) is 0 Å². The summed E-state index contributed by atoms with van der Waals surface area (Å²) < 4.78 is 0. The van der Waals surface area contributed by atoms with Gasteiger partial charge in [-0.05, 0) is 18.4 Å². The lowest BCUT2D eigenvalue weighted by molar-refractivity contribution is -0.139. The Balaban J connectivity index is 2.44. The molecule has 0 aliphatic rings. The summed E-state index contributed by atoms with van der Waals surface area (Å²) in [5.74, 6) is -0.989. The predicted molar refractivity (Wildman–Crippen MR) is 77.6 cm³/mol. The molecule has 1 rings (SSSR count). The van der Waals surface area contributed by atoms with E-state index in [0.717, 1.165) is 12.0 Å². The van der Waals surface area contributed by atoms with E-state index in [2.05, 4.69) is 5.32 Å². The lowest BCUT2D eigenvalue weighted by Gasteiger charge is -2.21. The van der Waals surface area contributed by atoms with Gasteiger partial charge in [-0.15, -0.1) is 0 Å². The molecule has 20 heavy (non-hydrogen) atoms. The molecule has 5 heteroatoms. The normalized spacial score (nSPS) is 11.7. The van der Waals surface area contributed by atoms with Crippen LogP contribution in [-0.4, -0.2) is 41.6 Å². The highest BCUT2D eigenvalue weighted by atomic mass is 16.4. The molecule has 5 nitrogen and oxygen atoms in total. The summed E-state index contributed by atoms with van der Waals surface area (Å²) in [5, 5.41) is 11.6. The van der Waals surface area contributed by atoms with E-state index < -0.39 is 12.0 Å². The lowest BCUT2D eigenvalue weighted by atomic mass is 10.1. The molecular weight excluding hydrogens is 256 g/mol. The number of hydrogen-bond acceptors (Lipinski definition) is 2. The Hall–Kier alpha value is -2.04. The zero-order chi connectivity index (χ0) is 15.0. The second kappa shape index (κ2) is 8.19. The molecule has 110 valence electrons. The van der Waals surface area contributed by atoms with Gasteiger partial charge < -0.3 is 15.3 Å². The molecule has 2 N–H and O–H groups in total. The standard InChI is InChI=1S/C15H22N2O3/c1-3-7-13(14(18)19)16-15(20)17(2)11-10-12-8-5-4-6-9-12/h4-6,8-9,13H,3,7,10-11H2,1-2H3,(H,16,20)(H,18,19)/t13-/m0/s1. The fourth-order valence-electron chi connectivity index (χ4n) is 1.85. The quantitative estimate of drug-likeness (QED) is 0.802. The van der Waals surface area contributed by atoms with Crippen LogP contribution in [0.1, 0.15) is 25.3 Å². The van der Waals surface area contributed by atoms with Crippen molar-refractivity contribution in [3.63, 3.8) is 0 Å². The van der Waals surface area contributed by atoms with Crippen LogP contribution in [0.5, 0.6) is 0 Å². The van der Waals surface area contributed by atoms with E-state index >= 15 is 0 Å². The Labute approximate surface area is 119 Å². The zero-order valence-electron chi connectivity index (χ0n) is 12.0. The average molecular weight is 278 g/mol. The van der Waals surface area contributed by atoms with E-state index in [1.165, 1.54) is 4.90 Å². The molecule has 0 saturated carbocycles. The highest BCUT2D eigenvalue weighted by Gasteiger charge is 2.20. The SMILES string of the molecule is CCC[C@H](NC(=O)N(C)CCc1ccccc1)C(=O)O. The van der Waals surface area contributed by atoms with Crippen LogP contribution < -0.4 is 5.32 Å². The third-order valence-corrected chi connectivity index (χ3v) is 3.10. The van der Waals surface area contributed by atoms with Crippen molar-refractivity contribution < 1.29 is 14.7 Å². The summed E-state index contributed by atoms with van der Waals surface area (Å²) in [7, 11) is 1.67. The number of likely N-dealkylation sites (N-methyl/N-ethyl adjacent to an activating group) is 1. The van der Waals surface area contributed by atoms with Crippen LogP contribution in [-0.2, 0) is 11.2 Å². The lowest BCUT2D eigenvalue weighted by Crippen LogP contribution is -2.47. The van der Waals surface area contributed by atoms with Gasteiger partial charge in [0.05, 0.1) is 0 Å². The summed E-state index contributed by atoms with van der Waals surface area (Å²) >= 11 is 0. The van der Waals surface area contributed by atoms with E-state index in [4.69, 9.17) is 5.11 Å². The van der Waals surface area contributed by atoms with Gasteiger partial charge in [-0.1, -0.05) is 43.7 Å². The number of carboxylic acids is 1. The van der Waals surface area contributed by atoms with Crippen molar-refractivity contribution in [1.82, 2.24) is 10.2 Å². The number of rotatable bonds is 7. The largest absolute Gasteiger partial charge is 0.480 e. The number of carbonyl (C=O) groups excluding carboxylic acids is 1. The van der Waals surface area contributed by atoms with Crippen LogP contribution >= 0.6 is 0 Å². The molecule has 0 aliphatic carbocycles. The van der Waals surface area contributed by atoms with Crippen molar-refractivity contribution >= 4 is 12.0 Å². The maximum absolute atomic E-state index is 11.9. The number of carboxylic acid groups (broad SMARTS) is 1. The fraction of sp³-hybridized carbons (Fsp3) is 0.467. The first-order chi connectivity index (χ1) is 9.54. The molecule has 1 aromatic rings. The molecule has 0 saturated heterocycles. The Morgan fingerprint density at radius 1 is 1.30 bits per heavy atom. The smallest absolute Gasteiger partial charge is 0.326 e. The molecule has 2 amide bonds. The molecular formula is C15H22N2O3. The van der Waals surface area contributed by atoms with E-state index in [9.17, 15) is 9.59 Å². The summed E-state index contributed by atoms with van der Waals surface area (Å²) in [6, 6.07) is 8.70. The first-order valence-corrected chi connectivity index (χ1v) is 6.83. The van der Waals surface area contributed by atoms with E-state index in [-0.39, 0.29) is 6.03 Å². The number of hydrogen-bond donors (Lipinski definition) is 2. The van der Waals surface area contributed by atoms with E-state index in [1.54, 1.807) is 7.05 Å². The highest BCUT2D eigenvalue weighted by Crippen LogP contribution is 2.02. The molecule has 0 radical (unpaired) electrons. The number of nitrogens with zero attached hydrogens (tertiary/aromatic N) is 1. The number of amides is 2. The Morgan fingerprint density at radius 2 is 1.95 bits per heavy atom. The number of carbonyl (C=O) groups is 2. The molecule has 0 bridgehead atoms. The molecule has 0 heterocycles. The first kappa shape index (κ1) is 16.0. The van der Waals surface area contributed by atoms with Crippen LogP contribution in [0.15, 0.2) is 30.3 Å². The number of urea groups is 1. The van der Waals surface area contributed by atoms with Crippen LogP contribution in [0.4, 0.5) is 4.79 Å². The molecule has 0 aromatic heterocycles. The maximum atomic E-state index is 11.9. The van der Waals surface area contributed by atoms with Crippen molar-refractivity contribution in [2.24, 2.45) is 0 Å². The number of aliphatic carboxylic acids is 1. The molecule has 0 fully saturated rings. The van der Waals surface area contributed by atoms with Gasteiger partial charge in [-0.25, -0.2) is 9.59 Å². The van der Waals surface area contributed by atoms with Gasteiger partial charge in [0.25, 0.3) is 0 Å². The van der Waals surface area contributed by atoms with Crippen LogP contribution in [0.3, 0.4) is 0 Å². The van der Waals surface area contributed by atoms with Crippen molar-refractivity contribution in [2.45, 2.75) is 32.2 Å². The first-order valence-electron chi connectivity index (χ1n) is 6.83. The Morgan fingerprint density at radius 3 is 2.50 bits per heavy atom. The number of nitrogens with one attached hydrogen (secondary N) is 1. The predicted octanol–water partition coefficient (Wildman–Crippen LogP) is 2.12. The minimum absolute atomic E-state index is 0.346. The van der Waals surface area contributed by atoms with Crippen molar-refractivity contribution in [3.05, 3.63) is 35.9 Å². The van der Waals surface area contributed by atoms with Gasteiger partial charge in [-0.2, -0.15) is 0 Å². The summed E-state index contributed by atoms with van der Waals surface area (Å²) in [4.78, 5) is 24.4. The highest BCUT2D eigenvalue weighted by molar-refractivity contribution is 5.82. The Kier molecular flexibility index (Phi) is 6.56. The van der Waals surface area contributed by atoms with Gasteiger partial charge in [0, 0.05) is 13.6 Å². The van der Waals surface area contributed by atoms with E-state index in [1.807, 2.05) is 37.3 Å². The molecule has 1 atom stereocenters. The third kappa shape index (κ3) is 5.30. The second-order valence-corrected chi connectivity index (χ2v) is 4.79. The second-order valence-electron chi connectivity index (χ2n) is 4.79. The molecule has 1 aromatic carbocycles. The minimum atomic E-state index is -0.989. The van der Waals surface area contributed by atoms with Gasteiger partial charge in [0.15, 0.2) is 0 Å². The van der Waals surface area contributed by atoms with Crippen LogP contribution in [0.2, 0.25) is 0 Å². The van der Waals surface area contributed by atoms with Crippen LogP contribution in [0, 0.1) is 0 Å². The molecule has 0 aliphatic heterocycles. The molecule has 0 unspecified atom stereocenters. The maximum Gasteiger partial charge on any atom is 0.326 e. The van der Waals surface area contributed by atoms with Crippen molar-refractivity contribution in [2.75, 3.05) is 13.6 Å². The van der Waals surface area contributed by atoms with Gasteiger partial charge in [-0.3, -0.25) is 0 Å². The Bertz CT molecular complexity index is 434. The monoisotopic (exact) mass is 278 g/mol. The summed E-state index contributed by atoms with van der Waals surface area (Å²) in [6.07, 6.45) is 1.90. The fourth-order valence-corrected chi connectivity index (χ4v) is 1.85. The summed E-state index contributed by atoms with van der Waals surface area (Å²) in [5.41, 5.74) is 1.15. The molecule has 0 spiro atoms. The summed E-state index contributed by atoms with van der Waals surface area (Å²) in [6.45, 7) is 2.44. The van der Waals surface area contributed by atoms with Crippen molar-refractivity contribution in [3.8, 4) is 0 Å². The van der Waals surface area contributed by atoms with Gasteiger partial charge in [0.2, 0.25) is 0 Å². The van der Waals surface area contributed by atoms with Gasteiger partial charge >= 0.3 is 12.0 Å². The van der Waals surface area contributed by atoms with Gasteiger partial charge in [0.1, 0.15) is 6.04 Å². The minimum Gasteiger partial charge on any atom is -0.480 e. The average Bonchev–Trinajstić information content (AvgIpc) is 2.45. The topological polar surface area (TPSA) is 69.6 Å². The number of benzene rings is 1. The van der Waals surface area contributed by atoms with E-state index in [0.29, 0.717) is 19.4 Å². The van der Waals surface area contributed by atoms with Crippen molar-refractivity contribution in [1.29, 1.82) is 0 Å².